The first-order chi connectivity index (χ1) is 13.9. The molecule has 1 fully saturated rings. The minimum Gasteiger partial charge on any atom is -0.359 e. The van der Waals surface area contributed by atoms with Gasteiger partial charge in [-0.05, 0) is 23.8 Å². The zero-order valence-corrected chi connectivity index (χ0v) is 16.9. The zero-order valence-electron chi connectivity index (χ0n) is 15.4. The number of rotatable bonds is 6. The third-order valence-electron chi connectivity index (χ3n) is 4.33. The summed E-state index contributed by atoms with van der Waals surface area (Å²) in [7, 11) is -3.77. The molecule has 10 heteroatoms. The van der Waals surface area contributed by atoms with E-state index in [9.17, 15) is 18.0 Å². The second kappa shape index (κ2) is 9.36. The van der Waals surface area contributed by atoms with Gasteiger partial charge in [0, 0.05) is 18.1 Å². The number of carbonyl (C=O) groups excluding carboxylic acids is 2. The van der Waals surface area contributed by atoms with Gasteiger partial charge >= 0.3 is 11.8 Å². The number of benzene rings is 2. The summed E-state index contributed by atoms with van der Waals surface area (Å²) in [6, 6.07) is 14.9. The monoisotopic (exact) mass is 437 g/mol. The third kappa shape index (κ3) is 5.13. The molecule has 3 rings (SSSR count). The summed E-state index contributed by atoms with van der Waals surface area (Å²) in [6.45, 7) is 0.312. The van der Waals surface area contributed by atoms with E-state index in [4.69, 9.17) is 16.3 Å². The number of hydrogen-bond acceptors (Lipinski definition) is 5. The molecule has 0 bridgehead atoms. The lowest BCUT2D eigenvalue weighted by Crippen LogP contribution is -2.47. The molecule has 2 aromatic carbocycles. The number of sulfonamides is 1. The lowest BCUT2D eigenvalue weighted by Gasteiger charge is -2.22. The standard InChI is InChI=1S/C19H20ClN3O5S/c20-16-9-5-4-6-14(16)12-21-18(24)19(25)22-13-17-23(10-11-28-17)29(26,27)15-7-2-1-3-8-15/h1-9,17H,10-13H2,(H,21,24)(H,22,25)/t17-/m1/s1. The number of carbonyl (C=O) groups is 2. The van der Waals surface area contributed by atoms with Crippen molar-refractivity contribution in [1.82, 2.24) is 14.9 Å². The smallest absolute Gasteiger partial charge is 0.309 e. The Kier molecular flexibility index (Phi) is 6.86. The van der Waals surface area contributed by atoms with Crippen LogP contribution in [0.5, 0.6) is 0 Å². The molecular formula is C19H20ClN3O5S. The third-order valence-corrected chi connectivity index (χ3v) is 6.61. The molecule has 29 heavy (non-hydrogen) atoms. The molecule has 0 radical (unpaired) electrons. The van der Waals surface area contributed by atoms with E-state index in [-0.39, 0.29) is 31.1 Å². The van der Waals surface area contributed by atoms with Crippen LogP contribution in [-0.2, 0) is 30.9 Å². The molecule has 0 aromatic heterocycles. The van der Waals surface area contributed by atoms with Gasteiger partial charge in [0.2, 0.25) is 10.0 Å². The van der Waals surface area contributed by atoms with E-state index in [0.29, 0.717) is 10.6 Å². The largest absolute Gasteiger partial charge is 0.359 e. The van der Waals surface area contributed by atoms with E-state index >= 15 is 0 Å². The van der Waals surface area contributed by atoms with Crippen LogP contribution in [0.25, 0.3) is 0 Å². The van der Waals surface area contributed by atoms with E-state index in [0.717, 1.165) is 0 Å². The highest BCUT2D eigenvalue weighted by atomic mass is 35.5. The second-order valence-electron chi connectivity index (χ2n) is 6.24. The number of hydrogen-bond donors (Lipinski definition) is 2. The van der Waals surface area contributed by atoms with Crippen molar-refractivity contribution in [2.45, 2.75) is 17.7 Å². The quantitative estimate of drug-likeness (QED) is 0.659. The Balaban J connectivity index is 1.55. The average Bonchev–Trinajstić information content (AvgIpc) is 3.21. The summed E-state index contributed by atoms with van der Waals surface area (Å²) in [4.78, 5) is 24.2. The first-order valence-electron chi connectivity index (χ1n) is 8.87. The van der Waals surface area contributed by atoms with Gasteiger partial charge in [0.1, 0.15) is 6.23 Å². The van der Waals surface area contributed by atoms with Crippen molar-refractivity contribution in [3.05, 3.63) is 65.2 Å². The van der Waals surface area contributed by atoms with Crippen LogP contribution in [-0.4, -0.2) is 50.5 Å². The van der Waals surface area contributed by atoms with Crippen LogP contribution in [0.1, 0.15) is 5.56 Å². The van der Waals surface area contributed by atoms with Gasteiger partial charge in [0.15, 0.2) is 0 Å². The maximum absolute atomic E-state index is 12.8. The summed E-state index contributed by atoms with van der Waals surface area (Å²) in [6.07, 6.45) is -0.888. The van der Waals surface area contributed by atoms with Gasteiger partial charge in [0.25, 0.3) is 0 Å². The van der Waals surface area contributed by atoms with Crippen molar-refractivity contribution in [3.8, 4) is 0 Å². The first kappa shape index (κ1) is 21.3. The fraction of sp³-hybridized carbons (Fsp3) is 0.263. The molecule has 1 aliphatic heterocycles. The van der Waals surface area contributed by atoms with Gasteiger partial charge in [-0.15, -0.1) is 0 Å². The highest BCUT2D eigenvalue weighted by molar-refractivity contribution is 7.89. The minimum absolute atomic E-state index is 0.0976. The normalized spacial score (nSPS) is 17.1. The number of halogens is 1. The summed E-state index contributed by atoms with van der Waals surface area (Å²) in [5.41, 5.74) is 0.676. The minimum atomic E-state index is -3.77. The molecule has 0 aliphatic carbocycles. The molecule has 0 spiro atoms. The van der Waals surface area contributed by atoms with Crippen molar-refractivity contribution >= 4 is 33.4 Å². The van der Waals surface area contributed by atoms with Crippen LogP contribution in [0.15, 0.2) is 59.5 Å². The molecule has 0 unspecified atom stereocenters. The Bertz CT molecular complexity index is 984. The first-order valence-corrected chi connectivity index (χ1v) is 10.7. The van der Waals surface area contributed by atoms with E-state index in [1.165, 1.54) is 16.4 Å². The van der Waals surface area contributed by atoms with Gasteiger partial charge in [-0.1, -0.05) is 48.0 Å². The Morgan fingerprint density at radius 3 is 2.41 bits per heavy atom. The van der Waals surface area contributed by atoms with E-state index in [2.05, 4.69) is 10.6 Å². The van der Waals surface area contributed by atoms with E-state index in [1.807, 2.05) is 0 Å². The molecule has 8 nitrogen and oxygen atoms in total. The van der Waals surface area contributed by atoms with Crippen LogP contribution in [0, 0.1) is 0 Å². The van der Waals surface area contributed by atoms with Crippen molar-refractivity contribution in [1.29, 1.82) is 0 Å². The summed E-state index contributed by atoms with van der Waals surface area (Å²) < 4.78 is 32.1. The predicted octanol–water partition coefficient (Wildman–Crippen LogP) is 1.12. The topological polar surface area (TPSA) is 105 Å². The molecule has 2 amide bonds. The van der Waals surface area contributed by atoms with Gasteiger partial charge in [-0.2, -0.15) is 4.31 Å². The van der Waals surface area contributed by atoms with Gasteiger partial charge in [0.05, 0.1) is 18.0 Å². The highest BCUT2D eigenvalue weighted by Gasteiger charge is 2.36. The highest BCUT2D eigenvalue weighted by Crippen LogP contribution is 2.21. The summed E-state index contributed by atoms with van der Waals surface area (Å²) >= 11 is 6.01. The molecule has 1 saturated heterocycles. The zero-order chi connectivity index (χ0) is 20.9. The van der Waals surface area contributed by atoms with Gasteiger partial charge < -0.3 is 15.4 Å². The van der Waals surface area contributed by atoms with E-state index in [1.54, 1.807) is 42.5 Å². The Morgan fingerprint density at radius 1 is 1.03 bits per heavy atom. The predicted molar refractivity (Wildman–Crippen MR) is 106 cm³/mol. The van der Waals surface area contributed by atoms with Crippen LogP contribution in [0.3, 0.4) is 0 Å². The molecule has 0 saturated carbocycles. The van der Waals surface area contributed by atoms with Crippen LogP contribution < -0.4 is 10.6 Å². The van der Waals surface area contributed by atoms with E-state index < -0.39 is 28.1 Å². The lowest BCUT2D eigenvalue weighted by molar-refractivity contribution is -0.139. The molecule has 1 heterocycles. The molecule has 1 atom stereocenters. The Morgan fingerprint density at radius 2 is 1.69 bits per heavy atom. The second-order valence-corrected chi connectivity index (χ2v) is 8.54. The van der Waals surface area contributed by atoms with Gasteiger partial charge in [-0.3, -0.25) is 9.59 Å². The van der Waals surface area contributed by atoms with Crippen molar-refractivity contribution < 1.29 is 22.7 Å². The number of amides is 2. The molecular weight excluding hydrogens is 418 g/mol. The SMILES string of the molecule is O=C(NCc1ccccc1Cl)C(=O)NC[C@H]1OCCN1S(=O)(=O)c1ccccc1. The van der Waals surface area contributed by atoms with Crippen LogP contribution >= 0.6 is 11.6 Å². The van der Waals surface area contributed by atoms with Crippen molar-refractivity contribution in [3.63, 3.8) is 0 Å². The molecule has 154 valence electrons. The summed E-state index contributed by atoms with van der Waals surface area (Å²) in [5, 5.41) is 5.37. The molecule has 2 aromatic rings. The van der Waals surface area contributed by atoms with Crippen molar-refractivity contribution in [2.75, 3.05) is 19.7 Å². The van der Waals surface area contributed by atoms with Crippen LogP contribution in [0.2, 0.25) is 5.02 Å². The number of ether oxygens (including phenoxy) is 1. The lowest BCUT2D eigenvalue weighted by atomic mass is 10.2. The Labute approximate surface area is 173 Å². The molecule has 2 N–H and O–H groups in total. The Hall–Kier alpha value is -2.46. The van der Waals surface area contributed by atoms with Crippen LogP contribution in [0.4, 0.5) is 0 Å². The fourth-order valence-electron chi connectivity index (χ4n) is 2.83. The fourth-order valence-corrected chi connectivity index (χ4v) is 4.56. The maximum Gasteiger partial charge on any atom is 0.309 e. The number of nitrogens with one attached hydrogen (secondary N) is 2. The average molecular weight is 438 g/mol. The summed E-state index contributed by atoms with van der Waals surface area (Å²) in [5.74, 6) is -1.73. The number of nitrogens with zero attached hydrogens (tertiary/aromatic N) is 1. The molecule has 1 aliphatic rings. The maximum atomic E-state index is 12.8. The van der Waals surface area contributed by atoms with Gasteiger partial charge in [-0.25, -0.2) is 8.42 Å². The van der Waals surface area contributed by atoms with Crippen molar-refractivity contribution in [2.24, 2.45) is 0 Å².